The van der Waals surface area contributed by atoms with Gasteiger partial charge >= 0.3 is 5.69 Å². The van der Waals surface area contributed by atoms with Crippen LogP contribution >= 0.6 is 0 Å². The number of hydrogen-bond acceptors (Lipinski definition) is 4. The zero-order valence-corrected chi connectivity index (χ0v) is 12.2. The van der Waals surface area contributed by atoms with Gasteiger partial charge in [-0.05, 0) is 37.6 Å². The second-order valence-electron chi connectivity index (χ2n) is 4.88. The van der Waals surface area contributed by atoms with E-state index in [1.165, 1.54) is 0 Å². The third-order valence-corrected chi connectivity index (χ3v) is 3.11. The van der Waals surface area contributed by atoms with Crippen LogP contribution in [-0.2, 0) is 0 Å². The van der Waals surface area contributed by atoms with E-state index in [1.807, 2.05) is 44.2 Å². The average Bonchev–Trinajstić information content (AvgIpc) is 2.47. The molecule has 0 fully saturated rings. The molecular weight excluding hydrogens is 266 g/mol. The second kappa shape index (κ2) is 6.74. The lowest BCUT2D eigenvalue weighted by Crippen LogP contribution is -2.05. The van der Waals surface area contributed by atoms with Crippen LogP contribution in [0.15, 0.2) is 42.5 Å². The molecule has 5 heteroatoms. The summed E-state index contributed by atoms with van der Waals surface area (Å²) in [6, 6.07) is 13.0. The molecule has 0 aliphatic rings. The monoisotopic (exact) mass is 285 g/mol. The van der Waals surface area contributed by atoms with Gasteiger partial charge in [-0.1, -0.05) is 30.7 Å². The van der Waals surface area contributed by atoms with E-state index in [4.69, 9.17) is 0 Å². The first-order chi connectivity index (χ1) is 10.1. The van der Waals surface area contributed by atoms with Crippen LogP contribution < -0.4 is 10.6 Å². The molecule has 2 aromatic rings. The Morgan fingerprint density at radius 2 is 1.76 bits per heavy atom. The summed E-state index contributed by atoms with van der Waals surface area (Å²) in [7, 11) is 0. The second-order valence-corrected chi connectivity index (χ2v) is 4.88. The summed E-state index contributed by atoms with van der Waals surface area (Å²) in [5, 5.41) is 17.6. The van der Waals surface area contributed by atoms with Crippen molar-refractivity contribution < 1.29 is 4.92 Å². The normalized spacial score (nSPS) is 10.2. The SMILES string of the molecule is CCCNc1cccc(Nc2ccc(C)cc2)c1[N+](=O)[O-]. The number of nitro benzene ring substituents is 1. The summed E-state index contributed by atoms with van der Waals surface area (Å²) in [4.78, 5) is 11.0. The lowest BCUT2D eigenvalue weighted by Gasteiger charge is -2.11. The molecule has 2 aromatic carbocycles. The lowest BCUT2D eigenvalue weighted by molar-refractivity contribution is -0.383. The van der Waals surface area contributed by atoms with Crippen molar-refractivity contribution >= 4 is 22.7 Å². The molecule has 5 nitrogen and oxygen atoms in total. The van der Waals surface area contributed by atoms with Crippen molar-refractivity contribution in [1.29, 1.82) is 0 Å². The van der Waals surface area contributed by atoms with E-state index in [-0.39, 0.29) is 10.6 Å². The average molecular weight is 285 g/mol. The highest BCUT2D eigenvalue weighted by atomic mass is 16.6. The molecule has 0 amide bonds. The van der Waals surface area contributed by atoms with E-state index < -0.39 is 0 Å². The largest absolute Gasteiger partial charge is 0.379 e. The Bertz CT molecular complexity index is 624. The highest BCUT2D eigenvalue weighted by Gasteiger charge is 2.19. The number of aryl methyl sites for hydroxylation is 1. The van der Waals surface area contributed by atoms with Crippen molar-refractivity contribution in [2.45, 2.75) is 20.3 Å². The molecule has 0 heterocycles. The van der Waals surface area contributed by atoms with Crippen LogP contribution in [0.1, 0.15) is 18.9 Å². The number of anilines is 3. The molecule has 0 atom stereocenters. The number of nitro groups is 1. The standard InChI is InChI=1S/C16H19N3O2/c1-3-11-17-14-5-4-6-15(16(14)19(20)21)18-13-9-7-12(2)8-10-13/h4-10,17-18H,3,11H2,1-2H3. The van der Waals surface area contributed by atoms with Gasteiger partial charge in [0.05, 0.1) is 4.92 Å². The van der Waals surface area contributed by atoms with Crippen molar-refractivity contribution in [2.24, 2.45) is 0 Å². The van der Waals surface area contributed by atoms with Crippen LogP contribution in [0.4, 0.5) is 22.7 Å². The number of hydrogen-bond donors (Lipinski definition) is 2. The Hall–Kier alpha value is -2.56. The van der Waals surface area contributed by atoms with Gasteiger partial charge in [0.2, 0.25) is 0 Å². The van der Waals surface area contributed by atoms with E-state index in [2.05, 4.69) is 10.6 Å². The van der Waals surface area contributed by atoms with E-state index in [0.717, 1.165) is 17.7 Å². The first-order valence-electron chi connectivity index (χ1n) is 6.96. The Morgan fingerprint density at radius 3 is 2.38 bits per heavy atom. The minimum atomic E-state index is -0.353. The fraction of sp³-hybridized carbons (Fsp3) is 0.250. The van der Waals surface area contributed by atoms with Crippen molar-refractivity contribution in [1.82, 2.24) is 0 Å². The molecule has 0 aromatic heterocycles. The first kappa shape index (κ1) is 14.8. The summed E-state index contributed by atoms with van der Waals surface area (Å²) in [5.74, 6) is 0. The summed E-state index contributed by atoms with van der Waals surface area (Å²) < 4.78 is 0. The fourth-order valence-corrected chi connectivity index (χ4v) is 2.04. The highest BCUT2D eigenvalue weighted by Crippen LogP contribution is 2.34. The van der Waals surface area contributed by atoms with Crippen LogP contribution in [-0.4, -0.2) is 11.5 Å². The van der Waals surface area contributed by atoms with E-state index in [9.17, 15) is 10.1 Å². The maximum atomic E-state index is 11.4. The van der Waals surface area contributed by atoms with Gasteiger partial charge in [-0.3, -0.25) is 10.1 Å². The van der Waals surface area contributed by atoms with Crippen LogP contribution in [0.3, 0.4) is 0 Å². The number of nitrogens with zero attached hydrogens (tertiary/aromatic N) is 1. The molecule has 0 aliphatic carbocycles. The molecular formula is C16H19N3O2. The molecule has 0 saturated heterocycles. The zero-order valence-electron chi connectivity index (χ0n) is 12.2. The third-order valence-electron chi connectivity index (χ3n) is 3.11. The first-order valence-corrected chi connectivity index (χ1v) is 6.96. The van der Waals surface area contributed by atoms with Gasteiger partial charge in [0.1, 0.15) is 11.4 Å². The molecule has 0 spiro atoms. The smallest absolute Gasteiger partial charge is 0.315 e. The molecule has 2 N–H and O–H groups in total. The van der Waals surface area contributed by atoms with Crippen LogP contribution in [0.5, 0.6) is 0 Å². The van der Waals surface area contributed by atoms with Gasteiger partial charge in [0.25, 0.3) is 0 Å². The molecule has 0 saturated carbocycles. The van der Waals surface area contributed by atoms with Gasteiger partial charge in [0, 0.05) is 12.2 Å². The fourth-order valence-electron chi connectivity index (χ4n) is 2.04. The number of para-hydroxylation sites is 1. The minimum absolute atomic E-state index is 0.0755. The molecule has 0 aliphatic heterocycles. The van der Waals surface area contributed by atoms with E-state index in [1.54, 1.807) is 12.1 Å². The number of rotatable bonds is 6. The lowest BCUT2D eigenvalue weighted by atomic mass is 10.2. The Morgan fingerprint density at radius 1 is 1.10 bits per heavy atom. The van der Waals surface area contributed by atoms with Gasteiger partial charge in [-0.2, -0.15) is 0 Å². The Labute approximate surface area is 124 Å². The Kier molecular flexibility index (Phi) is 4.77. The van der Waals surface area contributed by atoms with Crippen LogP contribution in [0.25, 0.3) is 0 Å². The van der Waals surface area contributed by atoms with Crippen molar-refractivity contribution in [3.63, 3.8) is 0 Å². The maximum Gasteiger partial charge on any atom is 0.315 e. The summed E-state index contributed by atoms with van der Waals surface area (Å²) in [6.07, 6.45) is 0.909. The minimum Gasteiger partial charge on any atom is -0.379 e. The molecule has 21 heavy (non-hydrogen) atoms. The summed E-state index contributed by atoms with van der Waals surface area (Å²) >= 11 is 0. The van der Waals surface area contributed by atoms with E-state index >= 15 is 0 Å². The zero-order chi connectivity index (χ0) is 15.2. The van der Waals surface area contributed by atoms with Crippen molar-refractivity contribution in [3.8, 4) is 0 Å². The highest BCUT2D eigenvalue weighted by molar-refractivity contribution is 5.79. The quantitative estimate of drug-likeness (QED) is 0.607. The van der Waals surface area contributed by atoms with Gasteiger partial charge in [-0.25, -0.2) is 0 Å². The Balaban J connectivity index is 2.33. The van der Waals surface area contributed by atoms with Crippen molar-refractivity contribution in [2.75, 3.05) is 17.2 Å². The molecule has 0 unspecified atom stereocenters. The molecule has 0 radical (unpaired) electrons. The molecule has 2 rings (SSSR count). The topological polar surface area (TPSA) is 67.2 Å². The predicted molar refractivity (Wildman–Crippen MR) is 86.3 cm³/mol. The van der Waals surface area contributed by atoms with Crippen molar-refractivity contribution in [3.05, 3.63) is 58.1 Å². The summed E-state index contributed by atoms with van der Waals surface area (Å²) in [5.41, 5.74) is 3.08. The van der Waals surface area contributed by atoms with E-state index in [0.29, 0.717) is 17.9 Å². The van der Waals surface area contributed by atoms with Gasteiger partial charge < -0.3 is 10.6 Å². The molecule has 0 bridgehead atoms. The number of nitrogens with one attached hydrogen (secondary N) is 2. The van der Waals surface area contributed by atoms with Crippen LogP contribution in [0.2, 0.25) is 0 Å². The molecule has 110 valence electrons. The van der Waals surface area contributed by atoms with Gasteiger partial charge in [-0.15, -0.1) is 0 Å². The summed E-state index contributed by atoms with van der Waals surface area (Å²) in [6.45, 7) is 4.73. The predicted octanol–water partition coefficient (Wildman–Crippen LogP) is 4.47. The maximum absolute atomic E-state index is 11.4. The van der Waals surface area contributed by atoms with Crippen LogP contribution in [0, 0.1) is 17.0 Å². The third kappa shape index (κ3) is 3.72. The van der Waals surface area contributed by atoms with Gasteiger partial charge in [0.15, 0.2) is 0 Å². The number of benzene rings is 2.